The number of methoxy groups -OCH3 is 1. The van der Waals surface area contributed by atoms with Gasteiger partial charge in [0.15, 0.2) is 0 Å². The van der Waals surface area contributed by atoms with E-state index >= 15 is 0 Å². The first kappa shape index (κ1) is 22.9. The molecule has 1 aliphatic heterocycles. The van der Waals surface area contributed by atoms with Gasteiger partial charge in [0.2, 0.25) is 11.8 Å². The Morgan fingerprint density at radius 2 is 1.71 bits per heavy atom. The van der Waals surface area contributed by atoms with Gasteiger partial charge in [0.25, 0.3) is 0 Å². The van der Waals surface area contributed by atoms with Crippen LogP contribution in [0.15, 0.2) is 48.5 Å². The first-order valence-corrected chi connectivity index (χ1v) is 11.4. The highest BCUT2D eigenvalue weighted by Gasteiger charge is 2.32. The Kier molecular flexibility index (Phi) is 8.10. The predicted molar refractivity (Wildman–Crippen MR) is 124 cm³/mol. The first-order valence-electron chi connectivity index (χ1n) is 11.4. The number of hydrogen-bond donors (Lipinski definition) is 0. The molecule has 1 atom stereocenters. The lowest BCUT2D eigenvalue weighted by molar-refractivity contribution is -0.135. The Bertz CT molecular complexity index is 896. The van der Waals surface area contributed by atoms with Gasteiger partial charge < -0.3 is 14.5 Å². The molecular formula is C26H34N2O3. The van der Waals surface area contributed by atoms with Crippen molar-refractivity contribution >= 4 is 11.8 Å². The molecule has 1 saturated heterocycles. The van der Waals surface area contributed by atoms with E-state index < -0.39 is 0 Å². The number of carbonyl (C=O) groups excluding carboxylic acids is 2. The fourth-order valence-corrected chi connectivity index (χ4v) is 4.38. The summed E-state index contributed by atoms with van der Waals surface area (Å²) in [5.41, 5.74) is 3.20. The summed E-state index contributed by atoms with van der Waals surface area (Å²) in [6.45, 7) is 6.56. The average molecular weight is 423 g/mol. The summed E-state index contributed by atoms with van der Waals surface area (Å²) < 4.78 is 5.58. The predicted octanol–water partition coefficient (Wildman–Crippen LogP) is 4.40. The number of para-hydroxylation sites is 1. The van der Waals surface area contributed by atoms with Gasteiger partial charge in [-0.3, -0.25) is 9.59 Å². The van der Waals surface area contributed by atoms with Gasteiger partial charge in [-0.25, -0.2) is 0 Å². The Hall–Kier alpha value is -2.82. The van der Waals surface area contributed by atoms with Crippen molar-refractivity contribution in [3.05, 3.63) is 54.1 Å². The first-order chi connectivity index (χ1) is 15.1. The van der Waals surface area contributed by atoms with Gasteiger partial charge in [0, 0.05) is 38.2 Å². The highest BCUT2D eigenvalue weighted by atomic mass is 16.5. The lowest BCUT2D eigenvalue weighted by Gasteiger charge is -2.25. The van der Waals surface area contributed by atoms with Crippen LogP contribution in [-0.4, -0.2) is 54.9 Å². The van der Waals surface area contributed by atoms with Crippen molar-refractivity contribution in [2.45, 2.75) is 39.5 Å². The molecule has 5 nitrogen and oxygen atoms in total. The highest BCUT2D eigenvalue weighted by Crippen LogP contribution is 2.33. The maximum atomic E-state index is 13.4. The zero-order chi connectivity index (χ0) is 22.2. The van der Waals surface area contributed by atoms with Crippen LogP contribution in [0.25, 0.3) is 11.1 Å². The molecule has 166 valence electrons. The summed E-state index contributed by atoms with van der Waals surface area (Å²) in [5, 5.41) is 0. The molecule has 2 amide bonds. The van der Waals surface area contributed by atoms with Crippen LogP contribution in [-0.2, 0) is 16.0 Å². The minimum Gasteiger partial charge on any atom is -0.496 e. The minimum atomic E-state index is -0.245. The molecule has 2 aromatic carbocycles. The van der Waals surface area contributed by atoms with Crippen LogP contribution in [0.1, 0.15) is 38.7 Å². The van der Waals surface area contributed by atoms with Crippen molar-refractivity contribution in [2.24, 2.45) is 5.92 Å². The topological polar surface area (TPSA) is 49.9 Å². The summed E-state index contributed by atoms with van der Waals surface area (Å²) in [5.74, 6) is 0.875. The van der Waals surface area contributed by atoms with Gasteiger partial charge in [-0.1, -0.05) is 56.3 Å². The highest BCUT2D eigenvalue weighted by molar-refractivity contribution is 5.83. The van der Waals surface area contributed by atoms with Gasteiger partial charge in [-0.15, -0.1) is 0 Å². The van der Waals surface area contributed by atoms with Gasteiger partial charge in [-0.2, -0.15) is 0 Å². The standard InChI is InChI=1S/C26H34N2O3/c1-4-10-25(29)28-17-16-27(15-5-2)26(30)21(19-28)18-20-11-6-7-12-22(20)23-13-8-9-14-24(23)31-3/h6-9,11-14,21H,4-5,10,15-19H2,1-3H3. The van der Waals surface area contributed by atoms with Crippen LogP contribution in [0.5, 0.6) is 5.75 Å². The van der Waals surface area contributed by atoms with Crippen molar-refractivity contribution in [3.63, 3.8) is 0 Å². The number of hydrogen-bond acceptors (Lipinski definition) is 3. The monoisotopic (exact) mass is 422 g/mol. The molecule has 31 heavy (non-hydrogen) atoms. The maximum Gasteiger partial charge on any atom is 0.227 e. The minimum absolute atomic E-state index is 0.150. The molecule has 0 saturated carbocycles. The van der Waals surface area contributed by atoms with Gasteiger partial charge in [-0.05, 0) is 36.5 Å². The molecule has 1 fully saturated rings. The fraction of sp³-hybridized carbons (Fsp3) is 0.462. The van der Waals surface area contributed by atoms with Crippen molar-refractivity contribution in [1.29, 1.82) is 0 Å². The molecule has 1 aliphatic rings. The third-order valence-electron chi connectivity index (χ3n) is 5.93. The zero-order valence-corrected chi connectivity index (χ0v) is 19.0. The Balaban J connectivity index is 1.93. The van der Waals surface area contributed by atoms with Gasteiger partial charge in [0.1, 0.15) is 5.75 Å². The molecule has 2 aromatic rings. The van der Waals surface area contributed by atoms with Gasteiger partial charge in [0.05, 0.1) is 13.0 Å². The smallest absolute Gasteiger partial charge is 0.227 e. The van der Waals surface area contributed by atoms with Crippen LogP contribution in [0.4, 0.5) is 0 Å². The molecule has 0 aliphatic carbocycles. The maximum absolute atomic E-state index is 13.4. The molecule has 0 aromatic heterocycles. The fourth-order valence-electron chi connectivity index (χ4n) is 4.38. The number of benzene rings is 2. The lowest BCUT2D eigenvalue weighted by atomic mass is 9.91. The summed E-state index contributed by atoms with van der Waals surface area (Å²) >= 11 is 0. The van der Waals surface area contributed by atoms with E-state index in [1.165, 1.54) is 0 Å². The Labute approximate surface area is 186 Å². The number of carbonyl (C=O) groups is 2. The molecule has 0 radical (unpaired) electrons. The number of rotatable bonds is 8. The number of nitrogens with zero attached hydrogens (tertiary/aromatic N) is 2. The second-order valence-electron chi connectivity index (χ2n) is 8.17. The molecule has 0 N–H and O–H groups in total. The van der Waals surface area contributed by atoms with Crippen molar-refractivity contribution in [3.8, 4) is 16.9 Å². The van der Waals surface area contributed by atoms with E-state index in [1.807, 2.05) is 53.1 Å². The molecule has 5 heteroatoms. The SMILES string of the molecule is CCCC(=O)N1CCN(CCC)C(=O)C(Cc2ccccc2-c2ccccc2OC)C1. The van der Waals surface area contributed by atoms with Crippen molar-refractivity contribution in [1.82, 2.24) is 9.80 Å². The molecular weight excluding hydrogens is 388 g/mol. The van der Waals surface area contributed by atoms with Crippen LogP contribution < -0.4 is 4.74 Å². The Morgan fingerprint density at radius 3 is 2.42 bits per heavy atom. The number of ether oxygens (including phenoxy) is 1. The summed E-state index contributed by atoms with van der Waals surface area (Å²) in [4.78, 5) is 29.9. The number of amides is 2. The average Bonchev–Trinajstić information content (AvgIpc) is 2.94. The summed E-state index contributed by atoms with van der Waals surface area (Å²) in [6.07, 6.45) is 2.87. The zero-order valence-electron chi connectivity index (χ0n) is 19.0. The molecule has 1 unspecified atom stereocenters. The normalized spacial score (nSPS) is 16.9. The van der Waals surface area contributed by atoms with E-state index in [0.717, 1.165) is 41.8 Å². The molecule has 0 bridgehead atoms. The quantitative estimate of drug-likeness (QED) is 0.633. The van der Waals surface area contributed by atoms with Crippen LogP contribution >= 0.6 is 0 Å². The summed E-state index contributed by atoms with van der Waals surface area (Å²) in [6, 6.07) is 16.2. The lowest BCUT2D eigenvalue weighted by Crippen LogP contribution is -2.38. The summed E-state index contributed by atoms with van der Waals surface area (Å²) in [7, 11) is 1.68. The molecule has 0 spiro atoms. The van der Waals surface area contributed by atoms with Crippen LogP contribution in [0.3, 0.4) is 0 Å². The molecule has 1 heterocycles. The second-order valence-corrected chi connectivity index (χ2v) is 8.17. The van der Waals surface area contributed by atoms with E-state index in [9.17, 15) is 9.59 Å². The van der Waals surface area contributed by atoms with Crippen molar-refractivity contribution < 1.29 is 14.3 Å². The van der Waals surface area contributed by atoms with E-state index in [4.69, 9.17) is 4.74 Å². The van der Waals surface area contributed by atoms with E-state index in [1.54, 1.807) is 7.11 Å². The Morgan fingerprint density at radius 1 is 1.00 bits per heavy atom. The van der Waals surface area contributed by atoms with E-state index in [0.29, 0.717) is 32.5 Å². The molecule has 3 rings (SSSR count). The third kappa shape index (κ3) is 5.46. The third-order valence-corrected chi connectivity index (χ3v) is 5.93. The van der Waals surface area contributed by atoms with Crippen LogP contribution in [0.2, 0.25) is 0 Å². The van der Waals surface area contributed by atoms with Gasteiger partial charge >= 0.3 is 0 Å². The second kappa shape index (κ2) is 11.0. The largest absolute Gasteiger partial charge is 0.496 e. The van der Waals surface area contributed by atoms with E-state index in [-0.39, 0.29) is 17.7 Å². The van der Waals surface area contributed by atoms with Crippen molar-refractivity contribution in [2.75, 3.05) is 33.3 Å². The van der Waals surface area contributed by atoms with E-state index in [2.05, 4.69) is 19.1 Å². The van der Waals surface area contributed by atoms with Crippen LogP contribution in [0, 0.1) is 5.92 Å².